The van der Waals surface area contributed by atoms with Gasteiger partial charge in [-0.3, -0.25) is 14.5 Å². The van der Waals surface area contributed by atoms with Gasteiger partial charge in [-0.05, 0) is 37.1 Å². The van der Waals surface area contributed by atoms with Crippen LogP contribution in [0.15, 0.2) is 24.3 Å². The largest absolute Gasteiger partial charge is 0.316 e. The summed E-state index contributed by atoms with van der Waals surface area (Å²) in [4.78, 5) is 25.6. The zero-order chi connectivity index (χ0) is 12.5. The van der Waals surface area contributed by atoms with E-state index in [1.165, 1.54) is 4.90 Å². The third-order valence-electron chi connectivity index (χ3n) is 3.76. The molecule has 0 saturated carbocycles. The molecule has 0 spiro atoms. The van der Waals surface area contributed by atoms with Gasteiger partial charge in [0.2, 0.25) is 5.91 Å². The molecule has 18 heavy (non-hydrogen) atoms. The van der Waals surface area contributed by atoms with E-state index in [4.69, 9.17) is 0 Å². The van der Waals surface area contributed by atoms with E-state index in [9.17, 15) is 9.59 Å². The van der Waals surface area contributed by atoms with E-state index in [0.29, 0.717) is 24.4 Å². The summed E-state index contributed by atoms with van der Waals surface area (Å²) < 4.78 is 0. The second kappa shape index (κ2) is 4.53. The van der Waals surface area contributed by atoms with Crippen molar-refractivity contribution in [3.05, 3.63) is 35.4 Å². The molecule has 0 unspecified atom stereocenters. The highest BCUT2D eigenvalue weighted by Crippen LogP contribution is 2.20. The summed E-state index contributed by atoms with van der Waals surface area (Å²) in [7, 11) is 0. The predicted molar refractivity (Wildman–Crippen MR) is 67.2 cm³/mol. The Balaban J connectivity index is 1.75. The minimum absolute atomic E-state index is 0.0639. The smallest absolute Gasteiger partial charge is 0.260 e. The molecule has 2 aliphatic heterocycles. The molecule has 1 saturated heterocycles. The normalized spacial score (nSPS) is 19.7. The first-order chi connectivity index (χ1) is 8.75. The fourth-order valence-corrected chi connectivity index (χ4v) is 2.49. The van der Waals surface area contributed by atoms with Gasteiger partial charge in [-0.1, -0.05) is 18.2 Å². The SMILES string of the molecule is O=C1Cc2ccccc2C(=O)N1CCC1CNC1. The van der Waals surface area contributed by atoms with E-state index in [1.54, 1.807) is 0 Å². The molecule has 1 aromatic carbocycles. The van der Waals surface area contributed by atoms with Gasteiger partial charge in [0, 0.05) is 12.1 Å². The van der Waals surface area contributed by atoms with Crippen molar-refractivity contribution in [3.8, 4) is 0 Å². The standard InChI is InChI=1S/C14H16N2O2/c17-13-7-11-3-1-2-4-12(11)14(18)16(13)6-5-10-8-15-9-10/h1-4,10,15H,5-9H2. The first-order valence-corrected chi connectivity index (χ1v) is 6.39. The van der Waals surface area contributed by atoms with Gasteiger partial charge in [0.15, 0.2) is 0 Å². The molecule has 2 aliphatic rings. The molecule has 94 valence electrons. The Morgan fingerprint density at radius 2 is 2.00 bits per heavy atom. The van der Waals surface area contributed by atoms with Crippen LogP contribution < -0.4 is 5.32 Å². The van der Waals surface area contributed by atoms with Gasteiger partial charge in [-0.25, -0.2) is 0 Å². The van der Waals surface area contributed by atoms with Gasteiger partial charge in [-0.2, -0.15) is 0 Å². The Kier molecular flexibility index (Phi) is 2.88. The van der Waals surface area contributed by atoms with Gasteiger partial charge in [0.05, 0.1) is 6.42 Å². The zero-order valence-electron chi connectivity index (χ0n) is 10.2. The fraction of sp³-hybridized carbons (Fsp3) is 0.429. The lowest BCUT2D eigenvalue weighted by Crippen LogP contribution is -2.47. The molecule has 1 aromatic rings. The quantitative estimate of drug-likeness (QED) is 0.801. The number of hydrogen-bond donors (Lipinski definition) is 1. The van der Waals surface area contributed by atoms with Crippen LogP contribution in [0.3, 0.4) is 0 Å². The first kappa shape index (κ1) is 11.4. The number of carbonyl (C=O) groups excluding carboxylic acids is 2. The molecular weight excluding hydrogens is 228 g/mol. The zero-order valence-corrected chi connectivity index (χ0v) is 10.2. The second-order valence-corrected chi connectivity index (χ2v) is 5.00. The predicted octanol–water partition coefficient (Wildman–Crippen LogP) is 0.821. The first-order valence-electron chi connectivity index (χ1n) is 6.39. The fourth-order valence-electron chi connectivity index (χ4n) is 2.49. The van der Waals surface area contributed by atoms with Crippen LogP contribution in [-0.2, 0) is 11.2 Å². The van der Waals surface area contributed by atoms with E-state index in [2.05, 4.69) is 5.32 Å². The highest BCUT2D eigenvalue weighted by molar-refractivity contribution is 6.09. The van der Waals surface area contributed by atoms with Crippen molar-refractivity contribution in [1.29, 1.82) is 0 Å². The van der Waals surface area contributed by atoms with E-state index >= 15 is 0 Å². The van der Waals surface area contributed by atoms with Gasteiger partial charge >= 0.3 is 0 Å². The number of nitrogens with one attached hydrogen (secondary N) is 1. The Morgan fingerprint density at radius 3 is 2.72 bits per heavy atom. The third-order valence-corrected chi connectivity index (χ3v) is 3.76. The molecular formula is C14H16N2O2. The lowest BCUT2D eigenvalue weighted by atomic mass is 9.96. The van der Waals surface area contributed by atoms with Crippen LogP contribution in [0.2, 0.25) is 0 Å². The molecule has 0 bridgehead atoms. The van der Waals surface area contributed by atoms with Crippen LogP contribution >= 0.6 is 0 Å². The summed E-state index contributed by atoms with van der Waals surface area (Å²) in [6, 6.07) is 7.38. The summed E-state index contributed by atoms with van der Waals surface area (Å²) >= 11 is 0. The van der Waals surface area contributed by atoms with E-state index < -0.39 is 0 Å². The van der Waals surface area contributed by atoms with Crippen LogP contribution in [0.5, 0.6) is 0 Å². The van der Waals surface area contributed by atoms with Gasteiger partial charge in [0.1, 0.15) is 0 Å². The highest BCUT2D eigenvalue weighted by Gasteiger charge is 2.31. The maximum atomic E-state index is 12.2. The number of amides is 2. The highest BCUT2D eigenvalue weighted by atomic mass is 16.2. The number of imide groups is 1. The lowest BCUT2D eigenvalue weighted by molar-refractivity contribution is -0.128. The molecule has 1 N–H and O–H groups in total. The average Bonchev–Trinajstić information content (AvgIpc) is 2.31. The monoisotopic (exact) mass is 244 g/mol. The number of benzene rings is 1. The summed E-state index contributed by atoms with van der Waals surface area (Å²) in [6.07, 6.45) is 1.26. The van der Waals surface area contributed by atoms with Gasteiger partial charge < -0.3 is 5.32 Å². The van der Waals surface area contributed by atoms with E-state index in [-0.39, 0.29) is 11.8 Å². The Morgan fingerprint density at radius 1 is 1.22 bits per heavy atom. The molecule has 0 atom stereocenters. The van der Waals surface area contributed by atoms with Gasteiger partial charge in [0.25, 0.3) is 5.91 Å². The molecule has 0 aliphatic carbocycles. The molecule has 2 amide bonds. The maximum absolute atomic E-state index is 12.2. The minimum atomic E-state index is -0.130. The number of rotatable bonds is 3. The summed E-state index contributed by atoms with van der Waals surface area (Å²) in [5.74, 6) is 0.419. The average molecular weight is 244 g/mol. The number of nitrogens with zero attached hydrogens (tertiary/aromatic N) is 1. The minimum Gasteiger partial charge on any atom is -0.316 e. The van der Waals surface area contributed by atoms with Crippen molar-refractivity contribution in [1.82, 2.24) is 10.2 Å². The Labute approximate surface area is 106 Å². The van der Waals surface area contributed by atoms with Gasteiger partial charge in [-0.15, -0.1) is 0 Å². The van der Waals surface area contributed by atoms with Crippen LogP contribution in [-0.4, -0.2) is 36.3 Å². The molecule has 3 rings (SSSR count). The number of carbonyl (C=O) groups is 2. The molecule has 1 fully saturated rings. The van der Waals surface area contributed by atoms with Crippen molar-refractivity contribution in [2.75, 3.05) is 19.6 Å². The molecule has 0 radical (unpaired) electrons. The Hall–Kier alpha value is -1.68. The molecule has 0 aromatic heterocycles. The van der Waals surface area contributed by atoms with Crippen molar-refractivity contribution in [2.24, 2.45) is 5.92 Å². The molecule has 4 heteroatoms. The van der Waals surface area contributed by atoms with Crippen LogP contribution in [0, 0.1) is 5.92 Å². The van der Waals surface area contributed by atoms with Crippen molar-refractivity contribution in [2.45, 2.75) is 12.8 Å². The topological polar surface area (TPSA) is 49.4 Å². The Bertz CT molecular complexity index is 494. The molecule has 2 heterocycles. The summed E-state index contributed by atoms with van der Waals surface area (Å²) in [5.41, 5.74) is 1.54. The maximum Gasteiger partial charge on any atom is 0.260 e. The summed E-state index contributed by atoms with van der Waals surface area (Å²) in [5, 5.41) is 3.20. The van der Waals surface area contributed by atoms with E-state index in [0.717, 1.165) is 25.1 Å². The van der Waals surface area contributed by atoms with Crippen LogP contribution in [0.1, 0.15) is 22.3 Å². The summed E-state index contributed by atoms with van der Waals surface area (Å²) in [6.45, 7) is 2.57. The van der Waals surface area contributed by atoms with E-state index in [1.807, 2.05) is 24.3 Å². The van der Waals surface area contributed by atoms with Crippen molar-refractivity contribution < 1.29 is 9.59 Å². The van der Waals surface area contributed by atoms with Crippen molar-refractivity contribution >= 4 is 11.8 Å². The number of hydrogen-bond acceptors (Lipinski definition) is 3. The third kappa shape index (κ3) is 1.93. The number of fused-ring (bicyclic) bond motifs is 1. The van der Waals surface area contributed by atoms with Crippen LogP contribution in [0.4, 0.5) is 0 Å². The van der Waals surface area contributed by atoms with Crippen molar-refractivity contribution in [3.63, 3.8) is 0 Å². The lowest BCUT2D eigenvalue weighted by Gasteiger charge is -2.31. The molecule has 4 nitrogen and oxygen atoms in total. The second-order valence-electron chi connectivity index (χ2n) is 5.00. The van der Waals surface area contributed by atoms with Crippen LogP contribution in [0.25, 0.3) is 0 Å².